The van der Waals surface area contributed by atoms with Gasteiger partial charge in [0.15, 0.2) is 5.82 Å². The molecule has 3 aromatic rings. The van der Waals surface area contributed by atoms with Gasteiger partial charge in [-0.15, -0.1) is 0 Å². The van der Waals surface area contributed by atoms with Gasteiger partial charge in [0.05, 0.1) is 17.9 Å². The van der Waals surface area contributed by atoms with Gasteiger partial charge in [0.2, 0.25) is 10.0 Å². The Kier molecular flexibility index (Phi) is 4.50. The molecule has 0 saturated heterocycles. The molecule has 0 fully saturated rings. The first-order valence-corrected chi connectivity index (χ1v) is 9.06. The van der Waals surface area contributed by atoms with Crippen molar-refractivity contribution in [1.29, 1.82) is 0 Å². The summed E-state index contributed by atoms with van der Waals surface area (Å²) < 4.78 is 44.0. The minimum Gasteiger partial charge on any atom is -0.296 e. The van der Waals surface area contributed by atoms with Crippen molar-refractivity contribution in [2.75, 3.05) is 0 Å². The maximum Gasteiger partial charge on any atom is 0.441 e. The van der Waals surface area contributed by atoms with Crippen molar-refractivity contribution < 1.29 is 17.3 Å². The van der Waals surface area contributed by atoms with Crippen molar-refractivity contribution in [3.8, 4) is 0 Å². The van der Waals surface area contributed by atoms with Gasteiger partial charge in [-0.2, -0.15) is 5.10 Å². The summed E-state index contributed by atoms with van der Waals surface area (Å²) in [5.74, 6) is -0.864. The van der Waals surface area contributed by atoms with Gasteiger partial charge in [0.25, 0.3) is 0 Å². The van der Waals surface area contributed by atoms with E-state index in [1.807, 2.05) is 0 Å². The van der Waals surface area contributed by atoms with Crippen LogP contribution in [-0.4, -0.2) is 27.9 Å². The van der Waals surface area contributed by atoms with E-state index in [9.17, 15) is 17.6 Å². The van der Waals surface area contributed by atoms with Crippen molar-refractivity contribution >= 4 is 10.0 Å². The molecule has 0 aliphatic carbocycles. The van der Waals surface area contributed by atoms with Gasteiger partial charge in [0, 0.05) is 13.5 Å². The minimum atomic E-state index is -4.03. The Labute approximate surface area is 147 Å². The Morgan fingerprint density at radius 2 is 1.92 bits per heavy atom. The molecule has 0 saturated carbocycles. The number of rotatable bonds is 5. The van der Waals surface area contributed by atoms with Crippen LogP contribution in [0.3, 0.4) is 0 Å². The van der Waals surface area contributed by atoms with Crippen LogP contribution in [0.1, 0.15) is 22.8 Å². The number of hydrogen-bond donors (Lipinski definition) is 1. The number of nitrogens with zero attached hydrogens (tertiary/aromatic N) is 4. The van der Waals surface area contributed by atoms with Gasteiger partial charge in [-0.05, 0) is 24.6 Å². The van der Waals surface area contributed by atoms with Gasteiger partial charge >= 0.3 is 5.76 Å². The number of aryl methyl sites for hydroxylation is 2. The highest BCUT2D eigenvalue weighted by Crippen LogP contribution is 2.19. The highest BCUT2D eigenvalue weighted by molar-refractivity contribution is 7.89. The first-order valence-electron chi connectivity index (χ1n) is 7.52. The Morgan fingerprint density at radius 1 is 1.27 bits per heavy atom. The second-order valence-corrected chi connectivity index (χ2v) is 7.28. The number of benzene rings is 1. The van der Waals surface area contributed by atoms with Crippen molar-refractivity contribution in [3.05, 3.63) is 63.4 Å². The molecule has 26 heavy (non-hydrogen) atoms. The number of halogens is 1. The number of aromatic nitrogens is 4. The molecular formula is C15H16FN5O4S. The molecule has 0 unspecified atom stereocenters. The van der Waals surface area contributed by atoms with E-state index in [-0.39, 0.29) is 40.9 Å². The summed E-state index contributed by atoms with van der Waals surface area (Å²) in [6.45, 7) is 1.38. The van der Waals surface area contributed by atoms with Crippen LogP contribution in [0.5, 0.6) is 0 Å². The predicted octanol–water partition coefficient (Wildman–Crippen LogP) is 0.304. The molecule has 0 amide bonds. The fraction of sp³-hybridized carbons (Fsp3) is 0.267. The topological polar surface area (TPSA) is 126 Å². The lowest BCUT2D eigenvalue weighted by Crippen LogP contribution is -2.22. The van der Waals surface area contributed by atoms with E-state index >= 15 is 0 Å². The van der Waals surface area contributed by atoms with Crippen LogP contribution in [0.15, 0.2) is 38.5 Å². The third-order valence-corrected chi connectivity index (χ3v) is 5.01. The van der Waals surface area contributed by atoms with E-state index in [1.54, 1.807) is 19.2 Å². The maximum absolute atomic E-state index is 13.0. The van der Waals surface area contributed by atoms with Crippen molar-refractivity contribution in [2.24, 2.45) is 12.2 Å². The van der Waals surface area contributed by atoms with Gasteiger partial charge in [-0.1, -0.05) is 17.3 Å². The monoisotopic (exact) mass is 381 g/mol. The molecular weight excluding hydrogens is 365 g/mol. The van der Waals surface area contributed by atoms with Crippen LogP contribution in [0.4, 0.5) is 4.39 Å². The quantitative estimate of drug-likeness (QED) is 0.678. The highest BCUT2D eigenvalue weighted by Gasteiger charge is 2.24. The normalized spacial score (nSPS) is 11.8. The van der Waals surface area contributed by atoms with E-state index in [2.05, 4.69) is 10.3 Å². The van der Waals surface area contributed by atoms with E-state index < -0.39 is 15.8 Å². The summed E-state index contributed by atoms with van der Waals surface area (Å²) in [4.78, 5) is 11.9. The molecule has 0 aliphatic rings. The molecule has 138 valence electrons. The first kappa shape index (κ1) is 18.0. The SMILES string of the molecule is Cc1nn(C)c(Cn2c(Cc3ccc(F)cc3)noc2=O)c1S(N)(=O)=O. The van der Waals surface area contributed by atoms with Gasteiger partial charge in [0.1, 0.15) is 10.7 Å². The molecule has 0 aliphatic heterocycles. The van der Waals surface area contributed by atoms with Crippen LogP contribution in [-0.2, 0) is 30.0 Å². The van der Waals surface area contributed by atoms with Gasteiger partial charge in [-0.3, -0.25) is 13.8 Å². The average Bonchev–Trinajstić information content (AvgIpc) is 3.02. The molecule has 11 heteroatoms. The number of primary sulfonamides is 1. The summed E-state index contributed by atoms with van der Waals surface area (Å²) in [7, 11) is -2.48. The van der Waals surface area contributed by atoms with Gasteiger partial charge in [-0.25, -0.2) is 22.7 Å². The molecule has 3 rings (SSSR count). The third-order valence-electron chi connectivity index (χ3n) is 3.91. The second-order valence-electron chi connectivity index (χ2n) is 5.78. The number of nitrogens with two attached hydrogens (primary N) is 1. The number of sulfonamides is 1. The fourth-order valence-electron chi connectivity index (χ4n) is 2.74. The molecule has 9 nitrogen and oxygen atoms in total. The van der Waals surface area contributed by atoms with Crippen LogP contribution in [0, 0.1) is 12.7 Å². The smallest absolute Gasteiger partial charge is 0.296 e. The van der Waals surface area contributed by atoms with Gasteiger partial charge < -0.3 is 0 Å². The lowest BCUT2D eigenvalue weighted by molar-refractivity contribution is 0.374. The zero-order valence-electron chi connectivity index (χ0n) is 14.0. The van der Waals surface area contributed by atoms with Crippen LogP contribution >= 0.6 is 0 Å². The van der Waals surface area contributed by atoms with Crippen molar-refractivity contribution in [1.82, 2.24) is 19.5 Å². The lowest BCUT2D eigenvalue weighted by atomic mass is 10.1. The molecule has 0 radical (unpaired) electrons. The second kappa shape index (κ2) is 6.50. The Bertz CT molecular complexity index is 1110. The summed E-state index contributed by atoms with van der Waals surface area (Å²) in [5.41, 5.74) is 1.17. The average molecular weight is 381 g/mol. The first-order chi connectivity index (χ1) is 12.2. The summed E-state index contributed by atoms with van der Waals surface area (Å²) >= 11 is 0. The Balaban J connectivity index is 2.01. The molecule has 2 heterocycles. The Hall–Kier alpha value is -2.79. The lowest BCUT2D eigenvalue weighted by Gasteiger charge is -2.07. The van der Waals surface area contributed by atoms with E-state index in [0.29, 0.717) is 5.56 Å². The highest BCUT2D eigenvalue weighted by atomic mass is 32.2. The molecule has 0 spiro atoms. The fourth-order valence-corrected chi connectivity index (χ4v) is 3.72. The third kappa shape index (κ3) is 3.44. The summed E-state index contributed by atoms with van der Waals surface area (Å²) in [5, 5.41) is 13.1. The Morgan fingerprint density at radius 3 is 2.54 bits per heavy atom. The minimum absolute atomic E-state index is 0.137. The molecule has 2 N–H and O–H groups in total. The van der Waals surface area contributed by atoms with E-state index in [4.69, 9.17) is 9.66 Å². The standard InChI is InChI=1S/C15H16FN5O4S/c1-9-14(26(17,23)24)12(20(2)18-9)8-21-13(19-25-15(21)22)7-10-3-5-11(16)6-4-10/h3-6H,7-8H2,1-2H3,(H2,17,23,24). The summed E-state index contributed by atoms with van der Waals surface area (Å²) in [6, 6.07) is 5.70. The molecule has 0 atom stereocenters. The maximum atomic E-state index is 13.0. The van der Waals surface area contributed by atoms with E-state index in [0.717, 1.165) is 0 Å². The van der Waals surface area contributed by atoms with E-state index in [1.165, 1.54) is 28.3 Å². The van der Waals surface area contributed by atoms with Crippen LogP contribution in [0.2, 0.25) is 0 Å². The van der Waals surface area contributed by atoms with Crippen LogP contribution in [0.25, 0.3) is 0 Å². The predicted molar refractivity (Wildman–Crippen MR) is 88.4 cm³/mol. The van der Waals surface area contributed by atoms with Crippen molar-refractivity contribution in [2.45, 2.75) is 24.8 Å². The molecule has 2 aromatic heterocycles. The summed E-state index contributed by atoms with van der Waals surface area (Å²) in [6.07, 6.45) is 0.202. The zero-order valence-corrected chi connectivity index (χ0v) is 14.8. The largest absolute Gasteiger partial charge is 0.441 e. The zero-order chi connectivity index (χ0) is 19.1. The molecule has 0 bridgehead atoms. The molecule has 1 aromatic carbocycles. The van der Waals surface area contributed by atoms with Crippen LogP contribution < -0.4 is 10.9 Å². The number of hydrogen-bond acceptors (Lipinski definition) is 6. The van der Waals surface area contributed by atoms with Crippen molar-refractivity contribution in [3.63, 3.8) is 0 Å².